The van der Waals surface area contributed by atoms with Crippen molar-refractivity contribution in [3.05, 3.63) is 0 Å². The molecule has 1 N–H and O–H groups in total. The second-order valence-electron chi connectivity index (χ2n) is 3.95. The Kier molecular flexibility index (Phi) is 3.55. The van der Waals surface area contributed by atoms with Crippen LogP contribution in [0.2, 0.25) is 0 Å². The number of aliphatic carboxylic acids is 1. The molecule has 1 aliphatic heterocycles. The first-order chi connectivity index (χ1) is 7.02. The Labute approximate surface area is 89.0 Å². The fourth-order valence-corrected chi connectivity index (χ4v) is 1.84. The predicted octanol–water partition coefficient (Wildman–Crippen LogP) is 1.47. The number of carboxylic acid groups (broad SMARTS) is 1. The number of hydrogen-bond acceptors (Lipinski definition) is 3. The molecule has 5 heteroatoms. The van der Waals surface area contributed by atoms with Crippen molar-refractivity contribution in [2.24, 2.45) is 0 Å². The van der Waals surface area contributed by atoms with Crippen LogP contribution in [0.5, 0.6) is 0 Å². The summed E-state index contributed by atoms with van der Waals surface area (Å²) in [5.41, 5.74) is -1.13. The van der Waals surface area contributed by atoms with Crippen LogP contribution in [0.3, 0.4) is 0 Å². The SMILES string of the molecule is CCCC(C)(C(=O)O)N1CCCOC1=O. The number of carboxylic acids is 1. The van der Waals surface area contributed by atoms with Gasteiger partial charge in [-0.1, -0.05) is 13.3 Å². The lowest BCUT2D eigenvalue weighted by Gasteiger charge is -2.39. The largest absolute Gasteiger partial charge is 0.480 e. The number of hydrogen-bond donors (Lipinski definition) is 1. The van der Waals surface area contributed by atoms with Crippen molar-refractivity contribution < 1.29 is 19.4 Å². The molecule has 86 valence electrons. The van der Waals surface area contributed by atoms with Crippen molar-refractivity contribution in [3.8, 4) is 0 Å². The van der Waals surface area contributed by atoms with Crippen LogP contribution >= 0.6 is 0 Å². The van der Waals surface area contributed by atoms with Gasteiger partial charge in [-0.3, -0.25) is 4.90 Å². The van der Waals surface area contributed by atoms with E-state index in [1.807, 2.05) is 6.92 Å². The molecule has 1 rings (SSSR count). The molecule has 0 aromatic heterocycles. The van der Waals surface area contributed by atoms with E-state index in [2.05, 4.69) is 0 Å². The minimum absolute atomic E-state index is 0.386. The Morgan fingerprint density at radius 3 is 2.80 bits per heavy atom. The van der Waals surface area contributed by atoms with Crippen molar-refractivity contribution in [3.63, 3.8) is 0 Å². The highest BCUT2D eigenvalue weighted by Crippen LogP contribution is 2.25. The highest BCUT2D eigenvalue weighted by Gasteiger charge is 2.43. The van der Waals surface area contributed by atoms with Crippen molar-refractivity contribution in [2.45, 2.75) is 38.6 Å². The zero-order valence-electron chi connectivity index (χ0n) is 9.15. The van der Waals surface area contributed by atoms with E-state index < -0.39 is 17.6 Å². The maximum Gasteiger partial charge on any atom is 0.410 e. The van der Waals surface area contributed by atoms with Gasteiger partial charge in [0.05, 0.1) is 6.61 Å². The van der Waals surface area contributed by atoms with Crippen LogP contribution in [0.4, 0.5) is 4.79 Å². The summed E-state index contributed by atoms with van der Waals surface area (Å²) in [6, 6.07) is 0. The summed E-state index contributed by atoms with van der Waals surface area (Å²) in [6.45, 7) is 4.32. The first-order valence-electron chi connectivity index (χ1n) is 5.20. The van der Waals surface area contributed by atoms with E-state index >= 15 is 0 Å². The van der Waals surface area contributed by atoms with E-state index in [1.165, 1.54) is 4.90 Å². The molecule has 1 aliphatic rings. The average molecular weight is 215 g/mol. The average Bonchev–Trinajstić information content (AvgIpc) is 2.18. The first-order valence-corrected chi connectivity index (χ1v) is 5.20. The molecule has 1 saturated heterocycles. The van der Waals surface area contributed by atoms with Crippen LogP contribution in [0, 0.1) is 0 Å². The van der Waals surface area contributed by atoms with Crippen LogP contribution in [0.1, 0.15) is 33.1 Å². The van der Waals surface area contributed by atoms with Gasteiger partial charge in [-0.25, -0.2) is 9.59 Å². The van der Waals surface area contributed by atoms with Gasteiger partial charge in [0.25, 0.3) is 0 Å². The van der Waals surface area contributed by atoms with E-state index in [0.717, 1.165) is 0 Å². The van der Waals surface area contributed by atoms with Gasteiger partial charge >= 0.3 is 12.1 Å². The molecule has 1 heterocycles. The third-order valence-electron chi connectivity index (χ3n) is 2.77. The van der Waals surface area contributed by atoms with E-state index in [1.54, 1.807) is 6.92 Å². The van der Waals surface area contributed by atoms with Gasteiger partial charge in [-0.15, -0.1) is 0 Å². The molecular weight excluding hydrogens is 198 g/mol. The second-order valence-corrected chi connectivity index (χ2v) is 3.95. The molecule has 0 saturated carbocycles. The highest BCUT2D eigenvalue weighted by atomic mass is 16.6. The molecule has 1 atom stereocenters. The number of nitrogens with zero attached hydrogens (tertiary/aromatic N) is 1. The Hall–Kier alpha value is -1.26. The zero-order valence-corrected chi connectivity index (χ0v) is 9.15. The summed E-state index contributed by atoms with van der Waals surface area (Å²) in [7, 11) is 0. The molecule has 0 aromatic carbocycles. The Balaban J connectivity index is 2.87. The van der Waals surface area contributed by atoms with Gasteiger partial charge in [-0.05, 0) is 19.8 Å². The maximum absolute atomic E-state index is 11.5. The van der Waals surface area contributed by atoms with Crippen molar-refractivity contribution in [2.75, 3.05) is 13.2 Å². The summed E-state index contributed by atoms with van der Waals surface area (Å²) in [4.78, 5) is 24.0. The molecule has 0 bridgehead atoms. The van der Waals surface area contributed by atoms with Crippen molar-refractivity contribution >= 4 is 12.1 Å². The Morgan fingerprint density at radius 1 is 1.67 bits per heavy atom. The van der Waals surface area contributed by atoms with Crippen LogP contribution in [0.25, 0.3) is 0 Å². The summed E-state index contributed by atoms with van der Waals surface area (Å²) < 4.78 is 4.86. The lowest BCUT2D eigenvalue weighted by molar-refractivity contribution is -0.151. The molecule has 0 spiro atoms. The normalized spacial score (nSPS) is 20.7. The third kappa shape index (κ3) is 2.22. The molecule has 1 unspecified atom stereocenters. The van der Waals surface area contributed by atoms with Gasteiger partial charge in [0.15, 0.2) is 0 Å². The molecule has 1 fully saturated rings. The molecule has 15 heavy (non-hydrogen) atoms. The van der Waals surface area contributed by atoms with E-state index in [9.17, 15) is 14.7 Å². The maximum atomic E-state index is 11.5. The first kappa shape index (κ1) is 11.8. The number of ether oxygens (including phenoxy) is 1. The molecular formula is C10H17NO4. The van der Waals surface area contributed by atoms with Gasteiger partial charge in [0, 0.05) is 6.54 Å². The summed E-state index contributed by atoms with van der Waals surface area (Å²) in [5.74, 6) is -0.969. The van der Waals surface area contributed by atoms with Crippen molar-refractivity contribution in [1.29, 1.82) is 0 Å². The number of amides is 1. The second kappa shape index (κ2) is 4.51. The van der Waals surface area contributed by atoms with Crippen LogP contribution in [-0.2, 0) is 9.53 Å². The predicted molar refractivity (Wildman–Crippen MR) is 53.6 cm³/mol. The van der Waals surface area contributed by atoms with Gasteiger partial charge in [-0.2, -0.15) is 0 Å². The van der Waals surface area contributed by atoms with Crippen LogP contribution in [0.15, 0.2) is 0 Å². The van der Waals surface area contributed by atoms with E-state index in [0.29, 0.717) is 32.4 Å². The minimum atomic E-state index is -1.13. The fourth-order valence-electron chi connectivity index (χ4n) is 1.84. The van der Waals surface area contributed by atoms with E-state index in [-0.39, 0.29) is 0 Å². The lowest BCUT2D eigenvalue weighted by Crippen LogP contribution is -2.57. The Bertz CT molecular complexity index is 266. The minimum Gasteiger partial charge on any atom is -0.480 e. The highest BCUT2D eigenvalue weighted by molar-refractivity contribution is 5.84. The van der Waals surface area contributed by atoms with Gasteiger partial charge < -0.3 is 9.84 Å². The van der Waals surface area contributed by atoms with Gasteiger partial charge in [0.2, 0.25) is 0 Å². The lowest BCUT2D eigenvalue weighted by atomic mass is 9.94. The summed E-state index contributed by atoms with van der Waals surface area (Å²) >= 11 is 0. The molecule has 1 amide bonds. The van der Waals surface area contributed by atoms with Gasteiger partial charge in [0.1, 0.15) is 5.54 Å². The monoisotopic (exact) mass is 215 g/mol. The van der Waals surface area contributed by atoms with E-state index in [4.69, 9.17) is 4.74 Å². The number of cyclic esters (lactones) is 1. The summed E-state index contributed by atoms with van der Waals surface area (Å²) in [6.07, 6.45) is 1.34. The van der Waals surface area contributed by atoms with Crippen molar-refractivity contribution in [1.82, 2.24) is 4.90 Å². The van der Waals surface area contributed by atoms with Crippen LogP contribution < -0.4 is 0 Å². The van der Waals surface area contributed by atoms with Crippen LogP contribution in [-0.4, -0.2) is 40.8 Å². The number of rotatable bonds is 4. The quantitative estimate of drug-likeness (QED) is 0.771. The zero-order chi connectivity index (χ0) is 11.5. The topological polar surface area (TPSA) is 66.8 Å². The number of carbonyl (C=O) groups excluding carboxylic acids is 1. The number of carbonyl (C=O) groups is 2. The summed E-state index contributed by atoms with van der Waals surface area (Å²) in [5, 5.41) is 9.18. The molecule has 5 nitrogen and oxygen atoms in total. The third-order valence-corrected chi connectivity index (χ3v) is 2.77. The molecule has 0 aliphatic carbocycles. The fraction of sp³-hybridized carbons (Fsp3) is 0.800. The molecule has 0 radical (unpaired) electrons. The standard InChI is InChI=1S/C10H17NO4/c1-3-5-10(2,8(12)13)11-6-4-7-15-9(11)14/h3-7H2,1-2H3,(H,12,13). The molecule has 0 aromatic rings. The Morgan fingerprint density at radius 2 is 2.33 bits per heavy atom. The smallest absolute Gasteiger partial charge is 0.410 e.